The van der Waals surface area contributed by atoms with Gasteiger partial charge in [0.25, 0.3) is 0 Å². The maximum Gasteiger partial charge on any atom is 0.213 e. The second-order valence-electron chi connectivity index (χ2n) is 4.85. The summed E-state index contributed by atoms with van der Waals surface area (Å²) in [5, 5.41) is 3.55. The molecule has 0 bridgehead atoms. The van der Waals surface area contributed by atoms with Crippen LogP contribution in [-0.4, -0.2) is 42.7 Å². The van der Waals surface area contributed by atoms with Gasteiger partial charge in [-0.3, -0.25) is 0 Å². The Balaban J connectivity index is 1.80. The van der Waals surface area contributed by atoms with Crippen molar-refractivity contribution < 1.29 is 4.74 Å². The maximum absolute atomic E-state index is 5.05. The highest BCUT2D eigenvalue weighted by Crippen LogP contribution is 2.17. The number of nitrogens with one attached hydrogen (secondary N) is 1. The molecule has 0 aliphatic carbocycles. The fourth-order valence-corrected chi connectivity index (χ4v) is 2.44. The molecule has 1 aliphatic heterocycles. The molecule has 1 aromatic rings. The first-order valence-electron chi connectivity index (χ1n) is 6.80. The Labute approximate surface area is 109 Å². The van der Waals surface area contributed by atoms with Gasteiger partial charge >= 0.3 is 0 Å². The Morgan fingerprint density at radius 2 is 2.17 bits per heavy atom. The van der Waals surface area contributed by atoms with E-state index in [1.165, 1.54) is 38.9 Å². The van der Waals surface area contributed by atoms with Gasteiger partial charge in [0.1, 0.15) is 0 Å². The van der Waals surface area contributed by atoms with Crippen LogP contribution in [0.25, 0.3) is 0 Å². The molecule has 0 atom stereocenters. The van der Waals surface area contributed by atoms with Gasteiger partial charge in [0.05, 0.1) is 19.0 Å². The van der Waals surface area contributed by atoms with Crippen LogP contribution in [0.15, 0.2) is 18.3 Å². The first-order chi connectivity index (χ1) is 8.81. The lowest BCUT2D eigenvalue weighted by atomic mass is 10.0. The molecule has 0 amide bonds. The zero-order chi connectivity index (χ0) is 12.8. The third-order valence-electron chi connectivity index (χ3n) is 3.44. The number of rotatable bonds is 5. The summed E-state index contributed by atoms with van der Waals surface area (Å²) in [6.45, 7) is 5.88. The zero-order valence-corrected chi connectivity index (χ0v) is 11.4. The van der Waals surface area contributed by atoms with Crippen molar-refractivity contribution in [3.63, 3.8) is 0 Å². The van der Waals surface area contributed by atoms with Gasteiger partial charge in [-0.1, -0.05) is 6.92 Å². The number of nitrogens with zero attached hydrogens (tertiary/aromatic N) is 2. The van der Waals surface area contributed by atoms with Crippen LogP contribution >= 0.6 is 0 Å². The van der Waals surface area contributed by atoms with Gasteiger partial charge in [-0.25, -0.2) is 4.98 Å². The molecular weight excluding hydrogens is 226 g/mol. The highest BCUT2D eigenvalue weighted by atomic mass is 16.5. The highest BCUT2D eigenvalue weighted by Gasteiger charge is 2.18. The van der Waals surface area contributed by atoms with Crippen molar-refractivity contribution in [1.29, 1.82) is 0 Å². The van der Waals surface area contributed by atoms with Crippen LogP contribution in [-0.2, 0) is 0 Å². The van der Waals surface area contributed by atoms with E-state index in [2.05, 4.69) is 22.1 Å². The average molecular weight is 249 g/mol. The molecule has 0 radical (unpaired) electrons. The fraction of sp³-hybridized carbons (Fsp3) is 0.643. The third-order valence-corrected chi connectivity index (χ3v) is 3.44. The number of hydrogen-bond donors (Lipinski definition) is 1. The lowest BCUT2D eigenvalue weighted by molar-refractivity contribution is 0.219. The molecule has 0 saturated carbocycles. The van der Waals surface area contributed by atoms with Gasteiger partial charge in [-0.15, -0.1) is 0 Å². The first-order valence-corrected chi connectivity index (χ1v) is 6.80. The molecule has 18 heavy (non-hydrogen) atoms. The molecule has 2 heterocycles. The molecule has 0 spiro atoms. The van der Waals surface area contributed by atoms with Crippen LogP contribution in [0, 0.1) is 0 Å². The monoisotopic (exact) mass is 249 g/mol. The Kier molecular flexibility index (Phi) is 4.81. The van der Waals surface area contributed by atoms with Gasteiger partial charge in [0, 0.05) is 25.2 Å². The number of anilines is 1. The highest BCUT2D eigenvalue weighted by molar-refractivity contribution is 5.43. The minimum absolute atomic E-state index is 0.577. The van der Waals surface area contributed by atoms with E-state index in [4.69, 9.17) is 4.74 Å². The van der Waals surface area contributed by atoms with Crippen LogP contribution in [0.1, 0.15) is 26.2 Å². The molecule has 0 unspecified atom stereocenters. The van der Waals surface area contributed by atoms with Gasteiger partial charge in [0.2, 0.25) is 5.88 Å². The quantitative estimate of drug-likeness (QED) is 0.869. The van der Waals surface area contributed by atoms with Crippen molar-refractivity contribution in [3.05, 3.63) is 18.3 Å². The molecule has 1 aliphatic rings. The van der Waals surface area contributed by atoms with Gasteiger partial charge < -0.3 is 15.0 Å². The SMILES string of the molecule is CCCN1CCC(Nc2ccc(OC)nc2)CC1. The molecule has 0 aromatic carbocycles. The van der Waals surface area contributed by atoms with Crippen LogP contribution in [0.2, 0.25) is 0 Å². The lowest BCUT2D eigenvalue weighted by Gasteiger charge is -2.32. The minimum Gasteiger partial charge on any atom is -0.481 e. The number of methoxy groups -OCH3 is 1. The van der Waals surface area contributed by atoms with E-state index in [0.29, 0.717) is 11.9 Å². The molecule has 4 heteroatoms. The summed E-state index contributed by atoms with van der Waals surface area (Å²) in [5.74, 6) is 0.665. The van der Waals surface area contributed by atoms with Crippen LogP contribution in [0.4, 0.5) is 5.69 Å². The predicted octanol–water partition coefficient (Wildman–Crippen LogP) is 2.38. The normalized spacial score (nSPS) is 17.7. The van der Waals surface area contributed by atoms with Crippen molar-refractivity contribution in [2.24, 2.45) is 0 Å². The number of ether oxygens (including phenoxy) is 1. The number of aromatic nitrogens is 1. The van der Waals surface area contributed by atoms with Crippen LogP contribution < -0.4 is 10.1 Å². The summed E-state index contributed by atoms with van der Waals surface area (Å²) in [6.07, 6.45) is 5.52. The molecular formula is C14H23N3O. The van der Waals surface area contributed by atoms with E-state index in [1.807, 2.05) is 18.3 Å². The van der Waals surface area contributed by atoms with E-state index in [-0.39, 0.29) is 0 Å². The summed E-state index contributed by atoms with van der Waals surface area (Å²) in [4.78, 5) is 6.76. The van der Waals surface area contributed by atoms with E-state index < -0.39 is 0 Å². The van der Waals surface area contributed by atoms with Gasteiger partial charge in [-0.2, -0.15) is 0 Å². The molecule has 1 N–H and O–H groups in total. The predicted molar refractivity (Wildman–Crippen MR) is 74.2 cm³/mol. The molecule has 100 valence electrons. The second-order valence-corrected chi connectivity index (χ2v) is 4.85. The summed E-state index contributed by atoms with van der Waals surface area (Å²) >= 11 is 0. The van der Waals surface area contributed by atoms with Gasteiger partial charge in [0.15, 0.2) is 0 Å². The molecule has 2 rings (SSSR count). The molecule has 1 aromatic heterocycles. The number of piperidine rings is 1. The zero-order valence-electron chi connectivity index (χ0n) is 11.4. The van der Waals surface area contributed by atoms with Crippen molar-refractivity contribution in [2.45, 2.75) is 32.2 Å². The summed E-state index contributed by atoms with van der Waals surface area (Å²) in [5.41, 5.74) is 1.09. The van der Waals surface area contributed by atoms with E-state index in [1.54, 1.807) is 7.11 Å². The standard InChI is InChI=1S/C14H23N3O/c1-3-8-17-9-6-12(7-10-17)16-13-4-5-14(18-2)15-11-13/h4-5,11-12,16H,3,6-10H2,1-2H3. The number of pyridine rings is 1. The topological polar surface area (TPSA) is 37.4 Å². The third kappa shape index (κ3) is 3.60. The minimum atomic E-state index is 0.577. The lowest BCUT2D eigenvalue weighted by Crippen LogP contribution is -2.39. The maximum atomic E-state index is 5.05. The largest absolute Gasteiger partial charge is 0.481 e. The molecule has 4 nitrogen and oxygen atoms in total. The van der Waals surface area contributed by atoms with E-state index in [0.717, 1.165) is 5.69 Å². The summed E-state index contributed by atoms with van der Waals surface area (Å²) in [6, 6.07) is 4.51. The van der Waals surface area contributed by atoms with Crippen molar-refractivity contribution in [2.75, 3.05) is 32.1 Å². The van der Waals surface area contributed by atoms with Crippen molar-refractivity contribution >= 4 is 5.69 Å². The smallest absolute Gasteiger partial charge is 0.213 e. The Hall–Kier alpha value is -1.29. The van der Waals surface area contributed by atoms with Gasteiger partial charge in [-0.05, 0) is 31.9 Å². The van der Waals surface area contributed by atoms with Crippen LogP contribution in [0.5, 0.6) is 5.88 Å². The summed E-state index contributed by atoms with van der Waals surface area (Å²) < 4.78 is 5.05. The fourth-order valence-electron chi connectivity index (χ4n) is 2.44. The van der Waals surface area contributed by atoms with Crippen molar-refractivity contribution in [3.8, 4) is 5.88 Å². The number of hydrogen-bond acceptors (Lipinski definition) is 4. The average Bonchev–Trinajstić information content (AvgIpc) is 2.42. The van der Waals surface area contributed by atoms with Crippen LogP contribution in [0.3, 0.4) is 0 Å². The van der Waals surface area contributed by atoms with E-state index in [9.17, 15) is 0 Å². The Bertz CT molecular complexity index is 345. The van der Waals surface area contributed by atoms with Crippen molar-refractivity contribution in [1.82, 2.24) is 9.88 Å². The Morgan fingerprint density at radius 3 is 2.72 bits per heavy atom. The second kappa shape index (κ2) is 6.59. The number of likely N-dealkylation sites (tertiary alicyclic amines) is 1. The Morgan fingerprint density at radius 1 is 1.39 bits per heavy atom. The van der Waals surface area contributed by atoms with E-state index >= 15 is 0 Å². The molecule has 1 fully saturated rings. The molecule has 1 saturated heterocycles. The first kappa shape index (κ1) is 13.1. The summed E-state index contributed by atoms with van der Waals surface area (Å²) in [7, 11) is 1.64.